The first-order valence-electron chi connectivity index (χ1n) is 6.25. The van der Waals surface area contributed by atoms with Gasteiger partial charge in [0.1, 0.15) is 5.75 Å². The van der Waals surface area contributed by atoms with Gasteiger partial charge in [0.05, 0.1) is 12.0 Å². The molecule has 0 saturated heterocycles. The van der Waals surface area contributed by atoms with Crippen LogP contribution in [-0.2, 0) is 23.0 Å². The maximum absolute atomic E-state index is 12.2. The van der Waals surface area contributed by atoms with E-state index in [1.807, 2.05) is 24.4 Å². The number of hydrogen-bond acceptors (Lipinski definition) is 4. The average molecular weight is 311 g/mol. The van der Waals surface area contributed by atoms with Crippen LogP contribution >= 0.6 is 11.3 Å². The number of benzene rings is 1. The van der Waals surface area contributed by atoms with Gasteiger partial charge in [-0.05, 0) is 41.6 Å². The van der Waals surface area contributed by atoms with Crippen LogP contribution in [-0.4, -0.2) is 15.5 Å². The van der Waals surface area contributed by atoms with Gasteiger partial charge in [-0.25, -0.2) is 13.1 Å². The highest BCUT2D eigenvalue weighted by Gasteiger charge is 2.16. The van der Waals surface area contributed by atoms with Gasteiger partial charge < -0.3 is 4.74 Å². The molecule has 1 N–H and O–H groups in total. The molecule has 1 heterocycles. The minimum Gasteiger partial charge on any atom is -0.496 e. The van der Waals surface area contributed by atoms with Crippen molar-refractivity contribution in [3.05, 3.63) is 46.2 Å². The topological polar surface area (TPSA) is 55.4 Å². The second-order valence-electron chi connectivity index (χ2n) is 4.23. The van der Waals surface area contributed by atoms with Crippen molar-refractivity contribution in [2.45, 2.75) is 24.8 Å². The van der Waals surface area contributed by atoms with Crippen molar-refractivity contribution >= 4 is 21.4 Å². The van der Waals surface area contributed by atoms with Crippen LogP contribution in [0.1, 0.15) is 17.4 Å². The minimum atomic E-state index is -3.49. The van der Waals surface area contributed by atoms with Crippen LogP contribution in [0.2, 0.25) is 0 Å². The highest BCUT2D eigenvalue weighted by atomic mass is 32.2. The van der Waals surface area contributed by atoms with E-state index in [0.717, 1.165) is 16.9 Å². The highest BCUT2D eigenvalue weighted by molar-refractivity contribution is 7.89. The molecule has 2 aromatic rings. The van der Waals surface area contributed by atoms with Gasteiger partial charge in [-0.3, -0.25) is 0 Å². The van der Waals surface area contributed by atoms with E-state index in [1.54, 1.807) is 25.3 Å². The SMILES string of the molecule is CCc1cc(S(=O)(=O)NCc2cccs2)ccc1OC. The van der Waals surface area contributed by atoms with Gasteiger partial charge in [0.15, 0.2) is 0 Å². The molecule has 4 nitrogen and oxygen atoms in total. The Kier molecular flexibility index (Phi) is 4.80. The fourth-order valence-electron chi connectivity index (χ4n) is 1.86. The molecule has 0 spiro atoms. The molecule has 108 valence electrons. The van der Waals surface area contributed by atoms with Gasteiger partial charge in [-0.1, -0.05) is 13.0 Å². The zero-order valence-corrected chi connectivity index (χ0v) is 13.1. The molecule has 0 aliphatic heterocycles. The fraction of sp³-hybridized carbons (Fsp3) is 0.286. The van der Waals surface area contributed by atoms with E-state index in [-0.39, 0.29) is 4.90 Å². The molecular formula is C14H17NO3S2. The lowest BCUT2D eigenvalue weighted by Crippen LogP contribution is -2.22. The van der Waals surface area contributed by atoms with Crippen molar-refractivity contribution in [3.63, 3.8) is 0 Å². The van der Waals surface area contributed by atoms with E-state index in [4.69, 9.17) is 4.74 Å². The van der Waals surface area contributed by atoms with Crippen LogP contribution in [0, 0.1) is 0 Å². The molecule has 2 rings (SSSR count). The Hall–Kier alpha value is -1.37. The van der Waals surface area contributed by atoms with Crippen LogP contribution in [0.4, 0.5) is 0 Å². The molecule has 0 amide bonds. The van der Waals surface area contributed by atoms with Gasteiger partial charge in [0.2, 0.25) is 10.0 Å². The standard InChI is InChI=1S/C14H17NO3S2/c1-3-11-9-13(6-7-14(11)18-2)20(16,17)15-10-12-5-4-8-19-12/h4-9,15H,3,10H2,1-2H3. The molecule has 1 aromatic heterocycles. The first-order valence-corrected chi connectivity index (χ1v) is 8.62. The third kappa shape index (κ3) is 3.39. The molecule has 20 heavy (non-hydrogen) atoms. The predicted octanol–water partition coefficient (Wildman–Crippen LogP) is 2.80. The summed E-state index contributed by atoms with van der Waals surface area (Å²) >= 11 is 1.53. The second kappa shape index (κ2) is 6.39. The van der Waals surface area contributed by atoms with E-state index in [9.17, 15) is 8.42 Å². The van der Waals surface area contributed by atoms with Gasteiger partial charge in [0.25, 0.3) is 0 Å². The Balaban J connectivity index is 2.20. The molecule has 1 aromatic carbocycles. The van der Waals surface area contributed by atoms with Gasteiger partial charge >= 0.3 is 0 Å². The normalized spacial score (nSPS) is 11.5. The van der Waals surface area contributed by atoms with Crippen LogP contribution < -0.4 is 9.46 Å². The van der Waals surface area contributed by atoms with E-state index in [0.29, 0.717) is 12.3 Å². The number of hydrogen-bond donors (Lipinski definition) is 1. The Bertz CT molecular complexity index is 664. The van der Waals surface area contributed by atoms with Gasteiger partial charge in [0, 0.05) is 11.4 Å². The lowest BCUT2D eigenvalue weighted by molar-refractivity contribution is 0.409. The molecule has 0 fully saturated rings. The van der Waals surface area contributed by atoms with Crippen molar-refractivity contribution in [1.82, 2.24) is 4.72 Å². The maximum Gasteiger partial charge on any atom is 0.240 e. The monoisotopic (exact) mass is 311 g/mol. The maximum atomic E-state index is 12.2. The van der Waals surface area contributed by atoms with Crippen molar-refractivity contribution in [2.75, 3.05) is 7.11 Å². The second-order valence-corrected chi connectivity index (χ2v) is 7.03. The molecule has 0 aliphatic carbocycles. The number of methoxy groups -OCH3 is 1. The summed E-state index contributed by atoms with van der Waals surface area (Å²) in [6.45, 7) is 2.28. The largest absolute Gasteiger partial charge is 0.496 e. The summed E-state index contributed by atoms with van der Waals surface area (Å²) in [6, 6.07) is 8.72. The Labute approximate surface area is 123 Å². The number of rotatable bonds is 6. The Morgan fingerprint density at radius 1 is 1.30 bits per heavy atom. The summed E-state index contributed by atoms with van der Waals surface area (Å²) in [7, 11) is -1.91. The van der Waals surface area contributed by atoms with E-state index >= 15 is 0 Å². The lowest BCUT2D eigenvalue weighted by atomic mass is 10.1. The predicted molar refractivity (Wildman–Crippen MR) is 80.7 cm³/mol. The molecule has 0 saturated carbocycles. The molecular weight excluding hydrogens is 294 g/mol. The molecule has 0 bridgehead atoms. The summed E-state index contributed by atoms with van der Waals surface area (Å²) in [5, 5.41) is 1.92. The fourth-order valence-corrected chi connectivity index (χ4v) is 3.65. The van der Waals surface area contributed by atoms with E-state index in [2.05, 4.69) is 4.72 Å². The zero-order valence-electron chi connectivity index (χ0n) is 11.4. The zero-order chi connectivity index (χ0) is 14.6. The molecule has 0 radical (unpaired) electrons. The van der Waals surface area contributed by atoms with Crippen molar-refractivity contribution < 1.29 is 13.2 Å². The van der Waals surface area contributed by atoms with Gasteiger partial charge in [-0.2, -0.15) is 0 Å². The summed E-state index contributed by atoms with van der Waals surface area (Å²) in [6.07, 6.45) is 0.720. The summed E-state index contributed by atoms with van der Waals surface area (Å²) < 4.78 is 32.3. The Morgan fingerprint density at radius 2 is 2.10 bits per heavy atom. The van der Waals surface area contributed by atoms with E-state index < -0.39 is 10.0 Å². The smallest absolute Gasteiger partial charge is 0.240 e. The number of aryl methyl sites for hydroxylation is 1. The van der Waals surface area contributed by atoms with Crippen molar-refractivity contribution in [3.8, 4) is 5.75 Å². The molecule has 0 aliphatic rings. The van der Waals surface area contributed by atoms with E-state index in [1.165, 1.54) is 11.3 Å². The summed E-state index contributed by atoms with van der Waals surface area (Å²) in [4.78, 5) is 1.25. The van der Waals surface area contributed by atoms with Crippen LogP contribution in [0.5, 0.6) is 5.75 Å². The summed E-state index contributed by atoms with van der Waals surface area (Å²) in [5.41, 5.74) is 0.881. The first kappa shape index (κ1) is 15.0. The van der Waals surface area contributed by atoms with Crippen LogP contribution in [0.25, 0.3) is 0 Å². The molecule has 6 heteroatoms. The number of ether oxygens (including phenoxy) is 1. The number of nitrogens with one attached hydrogen (secondary N) is 1. The number of thiophene rings is 1. The minimum absolute atomic E-state index is 0.270. The number of sulfonamides is 1. The quantitative estimate of drug-likeness (QED) is 0.892. The van der Waals surface area contributed by atoms with Gasteiger partial charge in [-0.15, -0.1) is 11.3 Å². The van der Waals surface area contributed by atoms with Crippen molar-refractivity contribution in [2.24, 2.45) is 0 Å². The van der Waals surface area contributed by atoms with Crippen LogP contribution in [0.3, 0.4) is 0 Å². The Morgan fingerprint density at radius 3 is 2.70 bits per heavy atom. The molecule has 0 unspecified atom stereocenters. The molecule has 0 atom stereocenters. The first-order chi connectivity index (χ1) is 9.56. The third-order valence-electron chi connectivity index (χ3n) is 2.96. The average Bonchev–Trinajstić information content (AvgIpc) is 2.97. The highest BCUT2D eigenvalue weighted by Crippen LogP contribution is 2.23. The van der Waals surface area contributed by atoms with Crippen molar-refractivity contribution in [1.29, 1.82) is 0 Å². The summed E-state index contributed by atoms with van der Waals surface area (Å²) in [5.74, 6) is 0.713. The van der Waals surface area contributed by atoms with Crippen LogP contribution in [0.15, 0.2) is 40.6 Å². The third-order valence-corrected chi connectivity index (χ3v) is 5.23. The lowest BCUT2D eigenvalue weighted by Gasteiger charge is -2.10.